The molecule has 2 heterocycles. The van der Waals surface area contributed by atoms with Gasteiger partial charge in [-0.15, -0.1) is 0 Å². The molecule has 1 saturated carbocycles. The third-order valence-corrected chi connectivity index (χ3v) is 6.18. The monoisotopic (exact) mass is 353 g/mol. The highest BCUT2D eigenvalue weighted by molar-refractivity contribution is 7.89. The zero-order valence-corrected chi connectivity index (χ0v) is 14.9. The first-order valence-electron chi connectivity index (χ1n) is 8.03. The molecule has 0 aliphatic heterocycles. The Balaban J connectivity index is 1.90. The molecule has 0 bridgehead atoms. The fourth-order valence-corrected chi connectivity index (χ4v) is 4.65. The van der Waals surface area contributed by atoms with Crippen LogP contribution in [0.3, 0.4) is 0 Å². The van der Waals surface area contributed by atoms with Gasteiger partial charge in [0.2, 0.25) is 10.0 Å². The summed E-state index contributed by atoms with van der Waals surface area (Å²) in [7, 11) is -1.92. The molecule has 132 valence electrons. The van der Waals surface area contributed by atoms with Crippen molar-refractivity contribution in [1.82, 2.24) is 24.3 Å². The van der Waals surface area contributed by atoms with Gasteiger partial charge in [0, 0.05) is 25.4 Å². The summed E-state index contributed by atoms with van der Waals surface area (Å²) in [6.07, 6.45) is 5.66. The summed E-state index contributed by atoms with van der Waals surface area (Å²) >= 11 is 0. The summed E-state index contributed by atoms with van der Waals surface area (Å²) in [4.78, 5) is 0.193. The summed E-state index contributed by atoms with van der Waals surface area (Å²) in [6, 6.07) is -0.406. The van der Waals surface area contributed by atoms with Crippen molar-refractivity contribution < 1.29 is 13.5 Å². The van der Waals surface area contributed by atoms with E-state index in [0.717, 1.165) is 5.56 Å². The van der Waals surface area contributed by atoms with Crippen molar-refractivity contribution in [2.75, 3.05) is 0 Å². The molecule has 8 nitrogen and oxygen atoms in total. The summed E-state index contributed by atoms with van der Waals surface area (Å²) in [5.41, 5.74) is 1.42. The highest BCUT2D eigenvalue weighted by Crippen LogP contribution is 2.38. The maximum Gasteiger partial charge on any atom is 0.244 e. The van der Waals surface area contributed by atoms with Gasteiger partial charge in [0.05, 0.1) is 30.2 Å². The van der Waals surface area contributed by atoms with Gasteiger partial charge in [0.1, 0.15) is 4.90 Å². The molecule has 2 aromatic heterocycles. The number of aliphatic hydroxyl groups excluding tert-OH is 1. The Kier molecular flexibility index (Phi) is 4.50. The number of rotatable bonds is 6. The molecule has 1 aliphatic rings. The Morgan fingerprint density at radius 2 is 2.08 bits per heavy atom. The van der Waals surface area contributed by atoms with E-state index in [1.807, 2.05) is 6.92 Å². The van der Waals surface area contributed by atoms with Gasteiger partial charge in [-0.2, -0.15) is 10.2 Å². The zero-order valence-electron chi connectivity index (χ0n) is 14.0. The molecule has 3 rings (SSSR count). The number of nitrogens with one attached hydrogen (secondary N) is 1. The van der Waals surface area contributed by atoms with Crippen molar-refractivity contribution in [3.8, 4) is 0 Å². The topological polar surface area (TPSA) is 102 Å². The van der Waals surface area contributed by atoms with E-state index in [2.05, 4.69) is 14.9 Å². The predicted molar refractivity (Wildman–Crippen MR) is 87.6 cm³/mol. The minimum atomic E-state index is -3.71. The molecular weight excluding hydrogens is 330 g/mol. The highest BCUT2D eigenvalue weighted by atomic mass is 32.2. The van der Waals surface area contributed by atoms with Crippen LogP contribution in [0.1, 0.15) is 37.1 Å². The van der Waals surface area contributed by atoms with Crippen LogP contribution in [0.4, 0.5) is 0 Å². The lowest BCUT2D eigenvalue weighted by Gasteiger charge is -2.37. The van der Waals surface area contributed by atoms with E-state index < -0.39 is 16.1 Å². The first-order valence-corrected chi connectivity index (χ1v) is 9.51. The van der Waals surface area contributed by atoms with Crippen molar-refractivity contribution in [1.29, 1.82) is 0 Å². The fourth-order valence-electron chi connectivity index (χ4n) is 3.18. The number of hydrogen-bond acceptors (Lipinski definition) is 5. The summed E-state index contributed by atoms with van der Waals surface area (Å²) < 4.78 is 31.8. The van der Waals surface area contributed by atoms with Crippen LogP contribution in [-0.4, -0.2) is 39.2 Å². The molecule has 1 aliphatic carbocycles. The SMILES string of the molecule is CCn1ncc(S(=O)(=O)N[C@H](c2cnn(C)c2)C2CC(O)C2)c1C. The smallest absolute Gasteiger partial charge is 0.244 e. The van der Waals surface area contributed by atoms with Crippen molar-refractivity contribution in [2.45, 2.75) is 50.3 Å². The van der Waals surface area contributed by atoms with Gasteiger partial charge in [0.15, 0.2) is 0 Å². The van der Waals surface area contributed by atoms with Gasteiger partial charge < -0.3 is 5.11 Å². The molecule has 2 N–H and O–H groups in total. The fraction of sp³-hybridized carbons (Fsp3) is 0.600. The van der Waals surface area contributed by atoms with Crippen LogP contribution in [0.5, 0.6) is 0 Å². The maximum atomic E-state index is 12.8. The van der Waals surface area contributed by atoms with Crippen molar-refractivity contribution in [3.63, 3.8) is 0 Å². The van der Waals surface area contributed by atoms with Crippen LogP contribution in [0.2, 0.25) is 0 Å². The van der Waals surface area contributed by atoms with Crippen LogP contribution in [0.15, 0.2) is 23.5 Å². The summed E-state index contributed by atoms with van der Waals surface area (Å²) in [5.74, 6) is 0.0560. The van der Waals surface area contributed by atoms with E-state index in [1.54, 1.807) is 35.7 Å². The van der Waals surface area contributed by atoms with Crippen molar-refractivity contribution >= 4 is 10.0 Å². The molecule has 1 atom stereocenters. The van der Waals surface area contributed by atoms with Gasteiger partial charge in [-0.1, -0.05) is 0 Å². The summed E-state index contributed by atoms with van der Waals surface area (Å²) in [6.45, 7) is 4.28. The maximum absolute atomic E-state index is 12.8. The molecule has 2 aromatic rings. The van der Waals surface area contributed by atoms with Crippen molar-refractivity contribution in [3.05, 3.63) is 29.8 Å². The molecule has 9 heteroatoms. The zero-order chi connectivity index (χ0) is 17.5. The molecule has 1 fully saturated rings. The number of nitrogens with zero attached hydrogens (tertiary/aromatic N) is 4. The number of aryl methyl sites for hydroxylation is 2. The van der Waals surface area contributed by atoms with Crippen LogP contribution in [0.25, 0.3) is 0 Å². The van der Waals surface area contributed by atoms with E-state index in [4.69, 9.17) is 0 Å². The Hall–Kier alpha value is -1.71. The quantitative estimate of drug-likeness (QED) is 0.797. The Labute approximate surface area is 141 Å². The van der Waals surface area contributed by atoms with E-state index >= 15 is 0 Å². The first-order chi connectivity index (χ1) is 11.3. The minimum Gasteiger partial charge on any atom is -0.393 e. The largest absolute Gasteiger partial charge is 0.393 e. The lowest BCUT2D eigenvalue weighted by molar-refractivity contribution is 0.0280. The molecule has 0 radical (unpaired) electrons. The average molecular weight is 353 g/mol. The molecule has 0 amide bonds. The van der Waals surface area contributed by atoms with Gasteiger partial charge in [0.25, 0.3) is 0 Å². The van der Waals surface area contributed by atoms with Gasteiger partial charge >= 0.3 is 0 Å². The third kappa shape index (κ3) is 3.11. The highest BCUT2D eigenvalue weighted by Gasteiger charge is 2.38. The predicted octanol–water partition coefficient (Wildman–Crippen LogP) is 0.735. The van der Waals surface area contributed by atoms with E-state index in [0.29, 0.717) is 25.1 Å². The molecule has 0 saturated heterocycles. The van der Waals surface area contributed by atoms with Gasteiger partial charge in [-0.05, 0) is 32.6 Å². The number of sulfonamides is 1. The molecule has 24 heavy (non-hydrogen) atoms. The summed E-state index contributed by atoms with van der Waals surface area (Å²) in [5, 5.41) is 17.9. The van der Waals surface area contributed by atoms with Crippen molar-refractivity contribution in [2.24, 2.45) is 13.0 Å². The van der Waals surface area contributed by atoms with Gasteiger partial charge in [-0.25, -0.2) is 13.1 Å². The molecule has 0 aromatic carbocycles. The molecule has 0 spiro atoms. The van der Waals surface area contributed by atoms with E-state index in [1.165, 1.54) is 6.20 Å². The van der Waals surface area contributed by atoms with E-state index in [9.17, 15) is 13.5 Å². The second-order valence-electron chi connectivity index (χ2n) is 6.34. The first kappa shape index (κ1) is 17.1. The Morgan fingerprint density at radius 1 is 1.38 bits per heavy atom. The number of aromatic nitrogens is 4. The third-order valence-electron chi connectivity index (χ3n) is 4.63. The second-order valence-corrected chi connectivity index (χ2v) is 8.02. The lowest BCUT2D eigenvalue weighted by atomic mass is 9.76. The van der Waals surface area contributed by atoms with Crippen LogP contribution in [0, 0.1) is 12.8 Å². The van der Waals surface area contributed by atoms with Crippen LogP contribution < -0.4 is 4.72 Å². The number of hydrogen-bond donors (Lipinski definition) is 2. The van der Waals surface area contributed by atoms with Crippen LogP contribution in [-0.2, 0) is 23.6 Å². The number of aliphatic hydroxyl groups is 1. The van der Waals surface area contributed by atoms with E-state index in [-0.39, 0.29) is 16.9 Å². The lowest BCUT2D eigenvalue weighted by Crippen LogP contribution is -2.41. The Morgan fingerprint density at radius 3 is 2.58 bits per heavy atom. The Bertz CT molecular complexity index is 820. The van der Waals surface area contributed by atoms with Crippen LogP contribution >= 0.6 is 0 Å². The van der Waals surface area contributed by atoms with Gasteiger partial charge in [-0.3, -0.25) is 9.36 Å². The normalized spacial score (nSPS) is 22.3. The minimum absolute atomic E-state index is 0.0560. The standard InChI is InChI=1S/C15H23N5O3S/c1-4-20-10(2)14(8-17-20)24(22,23)18-15(11-5-13(21)6-11)12-7-16-19(3)9-12/h7-9,11,13,15,18,21H,4-6H2,1-3H3/t11?,13?,15-/m0/s1. The second kappa shape index (κ2) is 6.30. The molecule has 0 unspecified atom stereocenters. The average Bonchev–Trinajstić information content (AvgIpc) is 3.08. The molecular formula is C15H23N5O3S.